The molecule has 0 saturated carbocycles. The summed E-state index contributed by atoms with van der Waals surface area (Å²) in [5.41, 5.74) is 2.22. The third kappa shape index (κ3) is 4.52. The Hall–Kier alpha value is -2.41. The lowest BCUT2D eigenvalue weighted by atomic mass is 10.1. The minimum atomic E-state index is 0.400. The van der Waals surface area contributed by atoms with Gasteiger partial charge in [0.15, 0.2) is 5.75 Å². The van der Waals surface area contributed by atoms with Gasteiger partial charge in [0, 0.05) is 47.9 Å². The highest BCUT2D eigenvalue weighted by molar-refractivity contribution is 6.35. The molecule has 1 aromatic carbocycles. The largest absolute Gasteiger partial charge is 0.436 e. The predicted octanol–water partition coefficient (Wildman–Crippen LogP) is 4.23. The van der Waals surface area contributed by atoms with E-state index in [1.807, 2.05) is 6.07 Å². The molecule has 4 rings (SSSR count). The van der Waals surface area contributed by atoms with Gasteiger partial charge in [-0.15, -0.1) is 0 Å². The summed E-state index contributed by atoms with van der Waals surface area (Å²) in [5.74, 6) is 1.60. The predicted molar refractivity (Wildman–Crippen MR) is 111 cm³/mol. The van der Waals surface area contributed by atoms with Crippen LogP contribution in [0.1, 0.15) is 5.56 Å². The van der Waals surface area contributed by atoms with Gasteiger partial charge in [-0.2, -0.15) is 0 Å². The van der Waals surface area contributed by atoms with Crippen molar-refractivity contribution in [2.75, 3.05) is 31.1 Å². The number of nitrogens with one attached hydrogen (secondary N) is 1. The Bertz CT molecular complexity index is 955. The molecule has 0 aliphatic carbocycles. The second-order valence-corrected chi connectivity index (χ2v) is 7.29. The molecule has 0 unspecified atom stereocenters. The third-order valence-corrected chi connectivity index (χ3v) is 4.69. The van der Waals surface area contributed by atoms with Gasteiger partial charge in [0.05, 0.1) is 18.1 Å². The number of piperazine rings is 1. The zero-order valence-corrected chi connectivity index (χ0v) is 16.5. The van der Waals surface area contributed by atoms with E-state index in [-0.39, 0.29) is 0 Å². The Morgan fingerprint density at radius 3 is 2.32 bits per heavy atom. The molecule has 143 valence electrons. The van der Waals surface area contributed by atoms with Gasteiger partial charge >= 0.3 is 0 Å². The van der Waals surface area contributed by atoms with E-state index in [1.165, 1.54) is 0 Å². The minimum Gasteiger partial charge on any atom is -0.436 e. The van der Waals surface area contributed by atoms with Gasteiger partial charge in [0.25, 0.3) is 0 Å². The molecule has 1 aliphatic rings. The highest BCUT2D eigenvalue weighted by atomic mass is 35.5. The number of hydrogen-bond acceptors (Lipinski definition) is 6. The van der Waals surface area contributed by atoms with Crippen LogP contribution in [0, 0.1) is 6.92 Å². The van der Waals surface area contributed by atoms with E-state index < -0.39 is 0 Å². The molecule has 3 aromatic rings. The molecule has 6 nitrogen and oxygen atoms in total. The number of nitrogens with zero attached hydrogens (tertiary/aromatic N) is 4. The van der Waals surface area contributed by atoms with Crippen molar-refractivity contribution in [1.29, 1.82) is 0 Å². The van der Waals surface area contributed by atoms with E-state index in [1.54, 1.807) is 36.7 Å². The van der Waals surface area contributed by atoms with Crippen molar-refractivity contribution in [2.45, 2.75) is 0 Å². The Kier molecular flexibility index (Phi) is 5.62. The molecular formula is C20H18Cl2N5O. The topological polar surface area (TPSA) is 63.2 Å². The van der Waals surface area contributed by atoms with E-state index in [4.69, 9.17) is 27.9 Å². The summed E-state index contributed by atoms with van der Waals surface area (Å²) in [6, 6.07) is 8.86. The lowest BCUT2D eigenvalue weighted by molar-refractivity contribution is 0.458. The SMILES string of the molecule is [CH2]c1cc(Oc2cnc(N3CCNCC3)nc2)nc(-c2cc(Cl)cc(Cl)c2)c1. The van der Waals surface area contributed by atoms with Gasteiger partial charge in [0.1, 0.15) is 0 Å². The molecule has 0 bridgehead atoms. The Labute approximate surface area is 173 Å². The van der Waals surface area contributed by atoms with Gasteiger partial charge in [-0.3, -0.25) is 0 Å². The van der Waals surface area contributed by atoms with E-state index in [2.05, 4.69) is 32.1 Å². The van der Waals surface area contributed by atoms with Crippen LogP contribution < -0.4 is 15.0 Å². The second-order valence-electron chi connectivity index (χ2n) is 6.41. The smallest absolute Gasteiger partial charge is 0.225 e. The van der Waals surface area contributed by atoms with Gasteiger partial charge < -0.3 is 15.0 Å². The van der Waals surface area contributed by atoms with Crippen LogP contribution in [0.2, 0.25) is 10.0 Å². The molecule has 1 saturated heterocycles. The summed E-state index contributed by atoms with van der Waals surface area (Å²) >= 11 is 12.2. The Balaban J connectivity index is 1.55. The highest BCUT2D eigenvalue weighted by Gasteiger charge is 2.13. The normalized spacial score (nSPS) is 14.2. The van der Waals surface area contributed by atoms with Crippen molar-refractivity contribution < 1.29 is 4.74 Å². The maximum Gasteiger partial charge on any atom is 0.225 e. The average molecular weight is 415 g/mol. The fraction of sp³-hybridized carbons (Fsp3) is 0.200. The lowest BCUT2D eigenvalue weighted by Crippen LogP contribution is -2.44. The highest BCUT2D eigenvalue weighted by Crippen LogP contribution is 2.29. The number of halogens is 2. The molecule has 8 heteroatoms. The monoisotopic (exact) mass is 414 g/mol. The first-order chi connectivity index (χ1) is 13.6. The van der Waals surface area contributed by atoms with Gasteiger partial charge in [0.2, 0.25) is 11.8 Å². The van der Waals surface area contributed by atoms with Crippen LogP contribution in [0.5, 0.6) is 11.6 Å². The maximum absolute atomic E-state index is 6.10. The van der Waals surface area contributed by atoms with E-state index in [0.29, 0.717) is 33.3 Å². The first-order valence-electron chi connectivity index (χ1n) is 8.83. The van der Waals surface area contributed by atoms with Crippen molar-refractivity contribution >= 4 is 29.2 Å². The van der Waals surface area contributed by atoms with Crippen LogP contribution >= 0.6 is 23.2 Å². The summed E-state index contributed by atoms with van der Waals surface area (Å²) < 4.78 is 5.85. The van der Waals surface area contributed by atoms with E-state index in [0.717, 1.165) is 37.3 Å². The zero-order chi connectivity index (χ0) is 19.5. The fourth-order valence-corrected chi connectivity index (χ4v) is 3.50. The number of benzene rings is 1. The molecule has 0 spiro atoms. The fourth-order valence-electron chi connectivity index (χ4n) is 2.97. The van der Waals surface area contributed by atoms with E-state index in [9.17, 15) is 0 Å². The summed E-state index contributed by atoms with van der Waals surface area (Å²) in [5, 5.41) is 4.39. The zero-order valence-electron chi connectivity index (χ0n) is 15.0. The molecule has 1 aliphatic heterocycles. The number of anilines is 1. The molecule has 0 amide bonds. The van der Waals surface area contributed by atoms with E-state index >= 15 is 0 Å². The molecular weight excluding hydrogens is 397 g/mol. The van der Waals surface area contributed by atoms with Crippen molar-refractivity contribution in [2.24, 2.45) is 0 Å². The number of ether oxygens (including phenoxy) is 1. The van der Waals surface area contributed by atoms with Crippen LogP contribution in [-0.2, 0) is 0 Å². The Morgan fingerprint density at radius 1 is 0.964 bits per heavy atom. The standard InChI is InChI=1S/C20H18Cl2N5O/c1-13-6-18(14-8-15(21)10-16(22)9-14)26-19(7-13)28-17-11-24-20(25-12-17)27-4-2-23-3-5-27/h6-12,23H,1-5H2. The van der Waals surface area contributed by atoms with Gasteiger partial charge in [-0.25, -0.2) is 15.0 Å². The molecule has 1 radical (unpaired) electrons. The van der Waals surface area contributed by atoms with Crippen LogP contribution in [0.4, 0.5) is 5.95 Å². The van der Waals surface area contributed by atoms with Crippen molar-refractivity contribution in [3.63, 3.8) is 0 Å². The van der Waals surface area contributed by atoms with Crippen molar-refractivity contribution in [1.82, 2.24) is 20.3 Å². The van der Waals surface area contributed by atoms with Crippen LogP contribution in [0.25, 0.3) is 11.3 Å². The molecule has 1 fully saturated rings. The molecule has 28 heavy (non-hydrogen) atoms. The average Bonchev–Trinajstić information content (AvgIpc) is 2.68. The number of aromatic nitrogens is 3. The molecule has 2 aromatic heterocycles. The number of rotatable bonds is 4. The van der Waals surface area contributed by atoms with Crippen LogP contribution in [-0.4, -0.2) is 41.1 Å². The maximum atomic E-state index is 6.10. The Morgan fingerprint density at radius 2 is 1.64 bits per heavy atom. The molecule has 0 atom stereocenters. The summed E-state index contributed by atoms with van der Waals surface area (Å²) in [4.78, 5) is 15.5. The second kappa shape index (κ2) is 8.31. The summed E-state index contributed by atoms with van der Waals surface area (Å²) in [7, 11) is 0. The number of pyridine rings is 1. The van der Waals surface area contributed by atoms with Gasteiger partial charge in [-0.1, -0.05) is 23.2 Å². The third-order valence-electron chi connectivity index (χ3n) is 4.26. The minimum absolute atomic E-state index is 0.400. The van der Waals surface area contributed by atoms with Crippen LogP contribution in [0.3, 0.4) is 0 Å². The first-order valence-corrected chi connectivity index (χ1v) is 9.58. The summed E-state index contributed by atoms with van der Waals surface area (Å²) in [6.45, 7) is 7.63. The van der Waals surface area contributed by atoms with Gasteiger partial charge in [-0.05, 0) is 36.8 Å². The molecule has 1 N–H and O–H groups in total. The quantitative estimate of drug-likeness (QED) is 0.688. The van der Waals surface area contributed by atoms with Crippen LogP contribution in [0.15, 0.2) is 42.7 Å². The van der Waals surface area contributed by atoms with Crippen molar-refractivity contribution in [3.05, 3.63) is 65.3 Å². The first kappa shape index (κ1) is 18.9. The number of hydrogen-bond donors (Lipinski definition) is 1. The van der Waals surface area contributed by atoms with Crippen molar-refractivity contribution in [3.8, 4) is 22.9 Å². The lowest BCUT2D eigenvalue weighted by Gasteiger charge is -2.27. The summed E-state index contributed by atoms with van der Waals surface area (Å²) in [6.07, 6.45) is 3.30. The molecule has 3 heterocycles.